The van der Waals surface area contributed by atoms with E-state index >= 15 is 0 Å². The van der Waals surface area contributed by atoms with E-state index < -0.39 is 0 Å². The molecule has 0 aliphatic heterocycles. The number of nitrogens with one attached hydrogen (secondary N) is 1. The van der Waals surface area contributed by atoms with Crippen LogP contribution in [-0.2, 0) is 17.8 Å². The highest BCUT2D eigenvalue weighted by molar-refractivity contribution is 7.10. The molecule has 5 heteroatoms. The molecule has 1 N–H and O–H groups in total. The van der Waals surface area contributed by atoms with E-state index in [-0.39, 0.29) is 11.9 Å². The van der Waals surface area contributed by atoms with Gasteiger partial charge in [0.25, 0.3) is 0 Å². The highest BCUT2D eigenvalue weighted by Gasteiger charge is 2.09. The number of carbonyl (C=O) groups excluding carboxylic acids is 1. The standard InChI is InChI=1S/C12H15N3OS/c1-10(9-15-6-3-5-13-15)14-12(16)8-11-4-2-7-17-11/h2-7,10H,8-9H2,1H3,(H,14,16)/t10-/m1/s1. The van der Waals surface area contributed by atoms with Crippen molar-refractivity contribution in [3.63, 3.8) is 0 Å². The summed E-state index contributed by atoms with van der Waals surface area (Å²) < 4.78 is 1.82. The summed E-state index contributed by atoms with van der Waals surface area (Å²) in [6.45, 7) is 2.68. The Morgan fingerprint density at radius 3 is 3.12 bits per heavy atom. The fourth-order valence-corrected chi connectivity index (χ4v) is 2.34. The molecule has 0 fully saturated rings. The minimum Gasteiger partial charge on any atom is -0.351 e. The second-order valence-corrected chi connectivity index (χ2v) is 4.99. The van der Waals surface area contributed by atoms with Crippen molar-refractivity contribution in [1.82, 2.24) is 15.1 Å². The molecule has 0 saturated heterocycles. The first-order valence-corrected chi connectivity index (χ1v) is 6.41. The van der Waals surface area contributed by atoms with Gasteiger partial charge in [-0.3, -0.25) is 9.48 Å². The number of carbonyl (C=O) groups is 1. The summed E-state index contributed by atoms with van der Waals surface area (Å²) in [6, 6.07) is 5.89. The number of thiophene rings is 1. The smallest absolute Gasteiger partial charge is 0.225 e. The van der Waals surface area contributed by atoms with Crippen molar-refractivity contribution in [2.45, 2.75) is 25.9 Å². The monoisotopic (exact) mass is 249 g/mol. The summed E-state index contributed by atoms with van der Waals surface area (Å²) in [4.78, 5) is 12.8. The minimum absolute atomic E-state index is 0.0621. The van der Waals surface area contributed by atoms with Crippen LogP contribution < -0.4 is 5.32 Å². The molecule has 0 aliphatic carbocycles. The average molecular weight is 249 g/mol. The average Bonchev–Trinajstić information content (AvgIpc) is 2.90. The van der Waals surface area contributed by atoms with Gasteiger partial charge < -0.3 is 5.32 Å². The Kier molecular flexibility index (Phi) is 3.93. The van der Waals surface area contributed by atoms with E-state index in [1.165, 1.54) is 0 Å². The Morgan fingerprint density at radius 1 is 1.59 bits per heavy atom. The maximum absolute atomic E-state index is 11.7. The molecule has 4 nitrogen and oxygen atoms in total. The molecular formula is C12H15N3OS. The van der Waals surface area contributed by atoms with Crippen LogP contribution in [0.25, 0.3) is 0 Å². The van der Waals surface area contributed by atoms with Crippen LogP contribution in [0.15, 0.2) is 36.0 Å². The summed E-state index contributed by atoms with van der Waals surface area (Å²) in [5.74, 6) is 0.0621. The molecule has 1 amide bonds. The molecule has 0 aromatic carbocycles. The summed E-state index contributed by atoms with van der Waals surface area (Å²) >= 11 is 1.61. The van der Waals surface area contributed by atoms with Gasteiger partial charge in [0.15, 0.2) is 0 Å². The second-order valence-electron chi connectivity index (χ2n) is 3.95. The van der Waals surface area contributed by atoms with E-state index in [0.29, 0.717) is 13.0 Å². The Hall–Kier alpha value is -1.62. The maximum atomic E-state index is 11.7. The topological polar surface area (TPSA) is 46.9 Å². The Morgan fingerprint density at radius 2 is 2.47 bits per heavy atom. The van der Waals surface area contributed by atoms with Crippen molar-refractivity contribution in [1.29, 1.82) is 0 Å². The summed E-state index contributed by atoms with van der Waals surface area (Å²) in [5, 5.41) is 9.05. The molecule has 2 aromatic rings. The summed E-state index contributed by atoms with van der Waals surface area (Å²) in [5.41, 5.74) is 0. The number of rotatable bonds is 5. The van der Waals surface area contributed by atoms with Crippen molar-refractivity contribution in [3.8, 4) is 0 Å². The maximum Gasteiger partial charge on any atom is 0.225 e. The number of hydrogen-bond donors (Lipinski definition) is 1. The molecule has 0 spiro atoms. The third-order valence-electron chi connectivity index (χ3n) is 2.34. The number of hydrogen-bond acceptors (Lipinski definition) is 3. The quantitative estimate of drug-likeness (QED) is 0.876. The summed E-state index contributed by atoms with van der Waals surface area (Å²) in [7, 11) is 0. The molecule has 0 radical (unpaired) electrons. The van der Waals surface area contributed by atoms with Gasteiger partial charge in [0, 0.05) is 23.3 Å². The van der Waals surface area contributed by atoms with Crippen LogP contribution in [0.1, 0.15) is 11.8 Å². The van der Waals surface area contributed by atoms with Gasteiger partial charge >= 0.3 is 0 Å². The van der Waals surface area contributed by atoms with Crippen molar-refractivity contribution >= 4 is 17.2 Å². The van der Waals surface area contributed by atoms with Crippen LogP contribution in [0.3, 0.4) is 0 Å². The summed E-state index contributed by atoms with van der Waals surface area (Å²) in [6.07, 6.45) is 4.09. The molecular weight excluding hydrogens is 234 g/mol. The van der Waals surface area contributed by atoms with E-state index in [0.717, 1.165) is 4.88 Å². The van der Waals surface area contributed by atoms with E-state index in [1.807, 2.05) is 41.4 Å². The fourth-order valence-electron chi connectivity index (χ4n) is 1.63. The number of amides is 1. The fraction of sp³-hybridized carbons (Fsp3) is 0.333. The highest BCUT2D eigenvalue weighted by atomic mass is 32.1. The van der Waals surface area contributed by atoms with Gasteiger partial charge in [-0.15, -0.1) is 11.3 Å². The lowest BCUT2D eigenvalue weighted by Crippen LogP contribution is -2.36. The molecule has 2 aromatic heterocycles. The zero-order valence-corrected chi connectivity index (χ0v) is 10.5. The zero-order valence-electron chi connectivity index (χ0n) is 9.67. The first kappa shape index (κ1) is 11.9. The van der Waals surface area contributed by atoms with E-state index in [2.05, 4.69) is 10.4 Å². The largest absolute Gasteiger partial charge is 0.351 e. The van der Waals surface area contributed by atoms with Crippen molar-refractivity contribution in [2.75, 3.05) is 0 Å². The van der Waals surface area contributed by atoms with E-state index in [9.17, 15) is 4.79 Å². The minimum atomic E-state index is 0.0621. The normalized spacial score (nSPS) is 12.3. The molecule has 0 aliphatic rings. The van der Waals surface area contributed by atoms with Crippen LogP contribution in [0.4, 0.5) is 0 Å². The van der Waals surface area contributed by atoms with Gasteiger partial charge in [-0.1, -0.05) is 6.07 Å². The molecule has 0 bridgehead atoms. The van der Waals surface area contributed by atoms with E-state index in [4.69, 9.17) is 0 Å². The molecule has 17 heavy (non-hydrogen) atoms. The van der Waals surface area contributed by atoms with Gasteiger partial charge in [-0.2, -0.15) is 5.10 Å². The Labute approximate surface area is 104 Å². The van der Waals surface area contributed by atoms with Crippen LogP contribution in [0, 0.1) is 0 Å². The molecule has 90 valence electrons. The first-order valence-electron chi connectivity index (χ1n) is 5.53. The first-order chi connectivity index (χ1) is 8.24. The van der Waals surface area contributed by atoms with Crippen LogP contribution >= 0.6 is 11.3 Å². The third-order valence-corrected chi connectivity index (χ3v) is 3.22. The van der Waals surface area contributed by atoms with Gasteiger partial charge in [0.05, 0.1) is 13.0 Å². The van der Waals surface area contributed by atoms with Crippen molar-refractivity contribution < 1.29 is 4.79 Å². The lowest BCUT2D eigenvalue weighted by Gasteiger charge is -2.13. The third kappa shape index (κ3) is 3.71. The lowest BCUT2D eigenvalue weighted by atomic mass is 10.3. The molecule has 0 saturated carbocycles. The Balaban J connectivity index is 1.78. The SMILES string of the molecule is C[C@H](Cn1cccn1)NC(=O)Cc1cccs1. The zero-order chi connectivity index (χ0) is 12.1. The number of nitrogens with zero attached hydrogens (tertiary/aromatic N) is 2. The predicted molar refractivity (Wildman–Crippen MR) is 67.9 cm³/mol. The molecule has 0 unspecified atom stereocenters. The second kappa shape index (κ2) is 5.63. The molecule has 2 rings (SSSR count). The van der Waals surface area contributed by atoms with Crippen LogP contribution in [0.2, 0.25) is 0 Å². The molecule has 2 heterocycles. The predicted octanol–water partition coefficient (Wildman–Crippen LogP) is 1.69. The Bertz CT molecular complexity index is 450. The van der Waals surface area contributed by atoms with Gasteiger partial charge in [0.1, 0.15) is 0 Å². The van der Waals surface area contributed by atoms with Crippen molar-refractivity contribution in [2.24, 2.45) is 0 Å². The van der Waals surface area contributed by atoms with Gasteiger partial charge in [0.2, 0.25) is 5.91 Å². The lowest BCUT2D eigenvalue weighted by molar-refractivity contribution is -0.121. The molecule has 1 atom stereocenters. The highest BCUT2D eigenvalue weighted by Crippen LogP contribution is 2.08. The van der Waals surface area contributed by atoms with Gasteiger partial charge in [-0.25, -0.2) is 0 Å². The number of aromatic nitrogens is 2. The van der Waals surface area contributed by atoms with Gasteiger partial charge in [-0.05, 0) is 24.4 Å². The van der Waals surface area contributed by atoms with E-state index in [1.54, 1.807) is 17.5 Å². The van der Waals surface area contributed by atoms with Crippen molar-refractivity contribution in [3.05, 3.63) is 40.8 Å². The van der Waals surface area contributed by atoms with Crippen LogP contribution in [-0.4, -0.2) is 21.7 Å². The van der Waals surface area contributed by atoms with Crippen LogP contribution in [0.5, 0.6) is 0 Å².